The molecule has 1 aromatic carbocycles. The first-order valence-corrected chi connectivity index (χ1v) is 7.38. The van der Waals surface area contributed by atoms with Crippen LogP contribution in [0.2, 0.25) is 0 Å². The maximum Gasteiger partial charge on any atom is 0.255 e. The molecule has 1 aliphatic heterocycles. The van der Waals surface area contributed by atoms with Gasteiger partial charge < -0.3 is 11.1 Å². The van der Waals surface area contributed by atoms with Gasteiger partial charge in [0.05, 0.1) is 6.54 Å². The minimum absolute atomic E-state index is 0.152. The van der Waals surface area contributed by atoms with E-state index in [4.69, 9.17) is 5.73 Å². The molecule has 2 aromatic rings. The fourth-order valence-electron chi connectivity index (χ4n) is 2.35. The van der Waals surface area contributed by atoms with Crippen LogP contribution in [0.3, 0.4) is 0 Å². The molecule has 3 rings (SSSR count). The first kappa shape index (κ1) is 16.3. The van der Waals surface area contributed by atoms with Crippen molar-refractivity contribution >= 4 is 23.4 Å². The third kappa shape index (κ3) is 3.68. The molecule has 0 unspecified atom stereocenters. The highest BCUT2D eigenvalue weighted by molar-refractivity contribution is 6.03. The summed E-state index contributed by atoms with van der Waals surface area (Å²) in [4.78, 5) is 36.2. The molecule has 0 aliphatic carbocycles. The molecule has 0 saturated heterocycles. The molecule has 10 nitrogen and oxygen atoms in total. The Labute approximate surface area is 142 Å². The van der Waals surface area contributed by atoms with Crippen LogP contribution in [0.5, 0.6) is 0 Å². The van der Waals surface area contributed by atoms with Gasteiger partial charge in [0.2, 0.25) is 17.6 Å². The van der Waals surface area contributed by atoms with Crippen molar-refractivity contribution in [2.45, 2.75) is 13.5 Å². The summed E-state index contributed by atoms with van der Waals surface area (Å²) in [6, 6.07) is 7.14. The maximum absolute atomic E-state index is 11.7. The van der Waals surface area contributed by atoms with Crippen LogP contribution in [0.15, 0.2) is 36.0 Å². The number of benzene rings is 1. The number of anilines is 1. The lowest BCUT2D eigenvalue weighted by molar-refractivity contribution is -0.138. The Balaban J connectivity index is 1.75. The Kier molecular flexibility index (Phi) is 4.25. The Morgan fingerprint density at radius 3 is 2.84 bits per heavy atom. The zero-order valence-electron chi connectivity index (χ0n) is 13.3. The van der Waals surface area contributed by atoms with Gasteiger partial charge >= 0.3 is 0 Å². The van der Waals surface area contributed by atoms with Gasteiger partial charge in [0.1, 0.15) is 6.54 Å². The monoisotopic (exact) mass is 341 g/mol. The highest BCUT2D eigenvalue weighted by atomic mass is 16.2. The predicted molar refractivity (Wildman–Crippen MR) is 86.5 cm³/mol. The third-order valence-corrected chi connectivity index (χ3v) is 3.45. The third-order valence-electron chi connectivity index (χ3n) is 3.45. The van der Waals surface area contributed by atoms with E-state index >= 15 is 0 Å². The van der Waals surface area contributed by atoms with E-state index in [9.17, 15) is 14.4 Å². The smallest absolute Gasteiger partial charge is 0.255 e. The molecular formula is C15H15N7O3. The van der Waals surface area contributed by atoms with Crippen molar-refractivity contribution in [1.29, 1.82) is 0 Å². The molecule has 0 spiro atoms. The van der Waals surface area contributed by atoms with Crippen LogP contribution >= 0.6 is 0 Å². The lowest BCUT2D eigenvalue weighted by Crippen LogP contribution is -2.31. The number of imide groups is 1. The van der Waals surface area contributed by atoms with Gasteiger partial charge in [0.15, 0.2) is 0 Å². The number of rotatable bonds is 5. The molecule has 10 heteroatoms. The molecule has 25 heavy (non-hydrogen) atoms. The van der Waals surface area contributed by atoms with Crippen LogP contribution < -0.4 is 11.1 Å². The highest BCUT2D eigenvalue weighted by Gasteiger charge is 2.24. The van der Waals surface area contributed by atoms with Gasteiger partial charge in [0.25, 0.3) is 5.91 Å². The van der Waals surface area contributed by atoms with Crippen LogP contribution in [0, 0.1) is 0 Å². The first-order chi connectivity index (χ1) is 11.9. The first-order valence-electron chi connectivity index (χ1n) is 7.38. The van der Waals surface area contributed by atoms with Gasteiger partial charge in [-0.2, -0.15) is 4.80 Å². The Bertz CT molecular complexity index is 887. The second-order valence-electron chi connectivity index (χ2n) is 5.43. The summed E-state index contributed by atoms with van der Waals surface area (Å²) in [6.45, 7) is 1.39. The maximum atomic E-state index is 11.7. The Hall–Kier alpha value is -3.56. The molecule has 0 saturated carbocycles. The van der Waals surface area contributed by atoms with Gasteiger partial charge in [-0.25, -0.2) is 0 Å². The summed E-state index contributed by atoms with van der Waals surface area (Å²) in [5.41, 5.74) is 7.08. The largest absolute Gasteiger partial charge is 0.368 e. The number of tetrazole rings is 1. The molecule has 3 amide bonds. The number of aromatic nitrogens is 4. The van der Waals surface area contributed by atoms with Gasteiger partial charge in [-0.15, -0.1) is 10.2 Å². The van der Waals surface area contributed by atoms with Crippen molar-refractivity contribution < 1.29 is 14.4 Å². The fraction of sp³-hybridized carbons (Fsp3) is 0.200. The fourth-order valence-corrected chi connectivity index (χ4v) is 2.35. The van der Waals surface area contributed by atoms with Crippen molar-refractivity contribution in [2.24, 2.45) is 5.73 Å². The summed E-state index contributed by atoms with van der Waals surface area (Å²) in [7, 11) is 0. The van der Waals surface area contributed by atoms with Gasteiger partial charge in [-0.1, -0.05) is 12.1 Å². The molecule has 1 aliphatic rings. The van der Waals surface area contributed by atoms with Crippen LogP contribution in [-0.2, 0) is 20.9 Å². The van der Waals surface area contributed by atoms with Crippen LogP contribution in [0.25, 0.3) is 11.4 Å². The van der Waals surface area contributed by atoms with Crippen molar-refractivity contribution in [3.8, 4) is 11.4 Å². The van der Waals surface area contributed by atoms with Gasteiger partial charge in [-0.05, 0) is 17.3 Å². The van der Waals surface area contributed by atoms with Crippen molar-refractivity contribution in [3.63, 3.8) is 0 Å². The van der Waals surface area contributed by atoms with Crippen molar-refractivity contribution in [1.82, 2.24) is 25.1 Å². The SMILES string of the molecule is CC(=O)N1CC(Nc2cccc(-c3nnn(CC(N)=O)n3)c2)=CC1=O. The number of amides is 3. The number of nitrogens with two attached hydrogens (primary N) is 1. The molecule has 2 heterocycles. The Morgan fingerprint density at radius 2 is 2.16 bits per heavy atom. The summed E-state index contributed by atoms with van der Waals surface area (Å²) in [6.07, 6.45) is 1.38. The minimum atomic E-state index is -0.563. The number of carbonyl (C=O) groups is 3. The molecule has 3 N–H and O–H groups in total. The molecule has 0 radical (unpaired) electrons. The quantitative estimate of drug-likeness (QED) is 0.749. The zero-order valence-corrected chi connectivity index (χ0v) is 13.3. The number of hydrogen-bond donors (Lipinski definition) is 2. The molecule has 128 valence electrons. The van der Waals surface area contributed by atoms with Crippen LogP contribution in [0.4, 0.5) is 5.69 Å². The topological polar surface area (TPSA) is 136 Å². The van der Waals surface area contributed by atoms with E-state index in [0.717, 1.165) is 9.70 Å². The van der Waals surface area contributed by atoms with Crippen LogP contribution in [0.1, 0.15) is 6.92 Å². The number of carbonyl (C=O) groups excluding carboxylic acids is 3. The average molecular weight is 341 g/mol. The summed E-state index contributed by atoms with van der Waals surface area (Å²) in [5, 5.41) is 14.8. The van der Waals surface area contributed by atoms with E-state index in [1.54, 1.807) is 24.3 Å². The number of hydrogen-bond acceptors (Lipinski definition) is 7. The summed E-state index contributed by atoms with van der Waals surface area (Å²) in [5.74, 6) is -0.872. The standard InChI is InChI=1S/C15H15N7O3/c1-9(23)21-7-12(6-14(21)25)17-11-4-2-3-10(5-11)15-18-20-22(19-15)8-13(16)24/h2-6,17H,7-8H2,1H3,(H2,16,24). The number of primary amides is 1. The van der Waals surface area contributed by atoms with Gasteiger partial charge in [-0.3, -0.25) is 19.3 Å². The predicted octanol–water partition coefficient (Wildman–Crippen LogP) is -0.490. The number of nitrogens with one attached hydrogen (secondary N) is 1. The summed E-state index contributed by atoms with van der Waals surface area (Å²) < 4.78 is 0. The van der Waals surface area contributed by atoms with Gasteiger partial charge in [0, 0.05) is 29.9 Å². The van der Waals surface area contributed by atoms with E-state index in [-0.39, 0.29) is 24.9 Å². The zero-order chi connectivity index (χ0) is 18.0. The Morgan fingerprint density at radius 1 is 1.36 bits per heavy atom. The molecule has 0 atom stereocenters. The minimum Gasteiger partial charge on any atom is -0.368 e. The number of nitrogens with zero attached hydrogens (tertiary/aromatic N) is 5. The normalized spacial score (nSPS) is 13.7. The molecule has 1 aromatic heterocycles. The average Bonchev–Trinajstić information content (AvgIpc) is 3.14. The van der Waals surface area contributed by atoms with E-state index in [0.29, 0.717) is 22.8 Å². The molecule has 0 bridgehead atoms. The summed E-state index contributed by atoms with van der Waals surface area (Å²) >= 11 is 0. The van der Waals surface area contributed by atoms with Crippen molar-refractivity contribution in [2.75, 3.05) is 11.9 Å². The van der Waals surface area contributed by atoms with Crippen LogP contribution in [-0.4, -0.2) is 49.4 Å². The highest BCUT2D eigenvalue weighted by Crippen LogP contribution is 2.21. The lowest BCUT2D eigenvalue weighted by atomic mass is 10.2. The van der Waals surface area contributed by atoms with E-state index in [1.165, 1.54) is 13.0 Å². The molecular weight excluding hydrogens is 326 g/mol. The van der Waals surface area contributed by atoms with Crippen molar-refractivity contribution in [3.05, 3.63) is 36.0 Å². The molecule has 0 fully saturated rings. The lowest BCUT2D eigenvalue weighted by Gasteiger charge is -2.12. The van der Waals surface area contributed by atoms with E-state index < -0.39 is 5.91 Å². The van der Waals surface area contributed by atoms with E-state index in [1.807, 2.05) is 0 Å². The van der Waals surface area contributed by atoms with E-state index in [2.05, 4.69) is 20.7 Å². The second-order valence-corrected chi connectivity index (χ2v) is 5.43. The second kappa shape index (κ2) is 6.51.